The fourth-order valence-corrected chi connectivity index (χ4v) is 4.62. The summed E-state index contributed by atoms with van der Waals surface area (Å²) < 4.78 is 30.7. The molecule has 1 heterocycles. The third-order valence-corrected chi connectivity index (χ3v) is 5.61. The number of sulfonamides is 1. The van der Waals surface area contributed by atoms with E-state index in [0.717, 1.165) is 24.6 Å². The van der Waals surface area contributed by atoms with Gasteiger partial charge in [0.15, 0.2) is 0 Å². The first-order valence-corrected chi connectivity index (χ1v) is 8.39. The molecule has 1 aliphatic heterocycles. The van der Waals surface area contributed by atoms with E-state index in [1.54, 1.807) is 11.4 Å². The van der Waals surface area contributed by atoms with Crippen molar-refractivity contribution in [1.29, 1.82) is 0 Å². The first kappa shape index (κ1) is 14.4. The SMILES string of the molecule is COCCCS(=O)(=O)N1CCCCC1CBr. The Labute approximate surface area is 107 Å². The van der Waals surface area contributed by atoms with Crippen molar-refractivity contribution < 1.29 is 13.2 Å². The lowest BCUT2D eigenvalue weighted by molar-refractivity contribution is 0.198. The fourth-order valence-electron chi connectivity index (χ4n) is 2.00. The van der Waals surface area contributed by atoms with Gasteiger partial charge in [-0.15, -0.1) is 0 Å². The second-order valence-corrected chi connectivity index (χ2v) is 6.77. The van der Waals surface area contributed by atoms with Crippen LogP contribution in [0.1, 0.15) is 25.7 Å². The van der Waals surface area contributed by atoms with Crippen LogP contribution in [0.2, 0.25) is 0 Å². The molecule has 0 aromatic rings. The van der Waals surface area contributed by atoms with E-state index in [1.165, 1.54) is 0 Å². The first-order chi connectivity index (χ1) is 7.61. The van der Waals surface area contributed by atoms with Crippen molar-refractivity contribution in [1.82, 2.24) is 4.31 Å². The minimum absolute atomic E-state index is 0.140. The molecule has 0 aliphatic carbocycles. The third-order valence-electron chi connectivity index (χ3n) is 2.86. The molecule has 0 aromatic carbocycles. The molecule has 0 spiro atoms. The van der Waals surface area contributed by atoms with Gasteiger partial charge in [-0.3, -0.25) is 0 Å². The zero-order valence-corrected chi connectivity index (χ0v) is 12.1. The standard InChI is InChI=1S/C10H20BrNO3S/c1-15-7-4-8-16(13,14)12-6-3-2-5-10(12)9-11/h10H,2-9H2,1H3. The molecular weight excluding hydrogens is 294 g/mol. The second kappa shape index (κ2) is 6.93. The van der Waals surface area contributed by atoms with Gasteiger partial charge in [0.05, 0.1) is 5.75 Å². The Kier molecular flexibility index (Phi) is 6.25. The third kappa shape index (κ3) is 3.98. The van der Waals surface area contributed by atoms with Crippen LogP contribution in [0.25, 0.3) is 0 Å². The quantitative estimate of drug-likeness (QED) is 0.553. The maximum Gasteiger partial charge on any atom is 0.214 e. The molecule has 1 unspecified atom stereocenters. The molecule has 4 nitrogen and oxygen atoms in total. The molecule has 6 heteroatoms. The van der Waals surface area contributed by atoms with Crippen LogP contribution in [0.3, 0.4) is 0 Å². The molecule has 0 amide bonds. The van der Waals surface area contributed by atoms with E-state index < -0.39 is 10.0 Å². The molecule has 0 aromatic heterocycles. The molecule has 0 saturated carbocycles. The number of halogens is 1. The van der Waals surface area contributed by atoms with Crippen molar-refractivity contribution in [3.8, 4) is 0 Å². The lowest BCUT2D eigenvalue weighted by Crippen LogP contribution is -2.45. The Bertz CT molecular complexity index is 294. The number of ether oxygens (including phenoxy) is 1. The van der Waals surface area contributed by atoms with Gasteiger partial charge in [-0.2, -0.15) is 4.31 Å². The zero-order chi connectivity index (χ0) is 12.0. The van der Waals surface area contributed by atoms with E-state index in [9.17, 15) is 8.42 Å². The second-order valence-electron chi connectivity index (χ2n) is 4.08. The Balaban J connectivity index is 2.57. The average Bonchev–Trinajstić information content (AvgIpc) is 2.29. The largest absolute Gasteiger partial charge is 0.385 e. The molecule has 0 radical (unpaired) electrons. The number of hydrogen-bond acceptors (Lipinski definition) is 3. The molecular formula is C10H20BrNO3S. The predicted octanol–water partition coefficient (Wildman–Crippen LogP) is 1.60. The summed E-state index contributed by atoms with van der Waals surface area (Å²) in [6.07, 6.45) is 3.65. The van der Waals surface area contributed by atoms with Gasteiger partial charge in [-0.1, -0.05) is 22.4 Å². The molecule has 16 heavy (non-hydrogen) atoms. The summed E-state index contributed by atoms with van der Waals surface area (Å²) >= 11 is 3.39. The summed E-state index contributed by atoms with van der Waals surface area (Å²) in [6, 6.07) is 0.140. The number of piperidine rings is 1. The Morgan fingerprint density at radius 1 is 1.44 bits per heavy atom. The van der Waals surface area contributed by atoms with Crippen LogP contribution in [0.4, 0.5) is 0 Å². The molecule has 1 atom stereocenters. The van der Waals surface area contributed by atoms with Gasteiger partial charge < -0.3 is 4.74 Å². The maximum atomic E-state index is 12.1. The van der Waals surface area contributed by atoms with Gasteiger partial charge in [0.2, 0.25) is 10.0 Å². The van der Waals surface area contributed by atoms with Crippen molar-refractivity contribution in [2.45, 2.75) is 31.7 Å². The zero-order valence-electron chi connectivity index (χ0n) is 9.69. The van der Waals surface area contributed by atoms with E-state index in [0.29, 0.717) is 19.6 Å². The normalized spacial score (nSPS) is 23.5. The minimum Gasteiger partial charge on any atom is -0.385 e. The highest BCUT2D eigenvalue weighted by Gasteiger charge is 2.30. The van der Waals surface area contributed by atoms with Crippen LogP contribution >= 0.6 is 15.9 Å². The van der Waals surface area contributed by atoms with E-state index >= 15 is 0 Å². The van der Waals surface area contributed by atoms with Gasteiger partial charge in [0.25, 0.3) is 0 Å². The Morgan fingerprint density at radius 2 is 2.19 bits per heavy atom. The van der Waals surface area contributed by atoms with Crippen molar-refractivity contribution in [3.63, 3.8) is 0 Å². The van der Waals surface area contributed by atoms with Gasteiger partial charge in [0.1, 0.15) is 0 Å². The minimum atomic E-state index is -3.09. The van der Waals surface area contributed by atoms with Crippen LogP contribution in [0, 0.1) is 0 Å². The van der Waals surface area contributed by atoms with Crippen LogP contribution in [0.15, 0.2) is 0 Å². The number of methoxy groups -OCH3 is 1. The summed E-state index contributed by atoms with van der Waals surface area (Å²) in [4.78, 5) is 0. The van der Waals surface area contributed by atoms with Crippen LogP contribution < -0.4 is 0 Å². The first-order valence-electron chi connectivity index (χ1n) is 5.66. The van der Waals surface area contributed by atoms with Crippen molar-refractivity contribution >= 4 is 26.0 Å². The maximum absolute atomic E-state index is 12.1. The topological polar surface area (TPSA) is 46.6 Å². The summed E-state index contributed by atoms with van der Waals surface area (Å²) in [5.74, 6) is 0.199. The highest BCUT2D eigenvalue weighted by molar-refractivity contribution is 9.09. The highest BCUT2D eigenvalue weighted by Crippen LogP contribution is 2.22. The molecule has 96 valence electrons. The fraction of sp³-hybridized carbons (Fsp3) is 1.00. The lowest BCUT2D eigenvalue weighted by Gasteiger charge is -2.33. The smallest absolute Gasteiger partial charge is 0.214 e. The number of alkyl halides is 1. The number of hydrogen-bond donors (Lipinski definition) is 0. The molecule has 1 saturated heterocycles. The summed E-state index contributed by atoms with van der Waals surface area (Å²) in [6.45, 7) is 1.18. The van der Waals surface area contributed by atoms with Crippen molar-refractivity contribution in [3.05, 3.63) is 0 Å². The average molecular weight is 314 g/mol. The van der Waals surface area contributed by atoms with Crippen LogP contribution in [-0.2, 0) is 14.8 Å². The number of rotatable bonds is 6. The van der Waals surface area contributed by atoms with E-state index in [-0.39, 0.29) is 11.8 Å². The van der Waals surface area contributed by atoms with E-state index in [1.807, 2.05) is 0 Å². The monoisotopic (exact) mass is 313 g/mol. The van der Waals surface area contributed by atoms with Crippen molar-refractivity contribution in [2.24, 2.45) is 0 Å². The van der Waals surface area contributed by atoms with Crippen LogP contribution in [0.5, 0.6) is 0 Å². The Morgan fingerprint density at radius 3 is 2.81 bits per heavy atom. The van der Waals surface area contributed by atoms with Crippen molar-refractivity contribution in [2.75, 3.05) is 31.3 Å². The highest BCUT2D eigenvalue weighted by atomic mass is 79.9. The summed E-state index contributed by atoms with van der Waals surface area (Å²) in [7, 11) is -1.50. The molecule has 1 fully saturated rings. The summed E-state index contributed by atoms with van der Waals surface area (Å²) in [5.41, 5.74) is 0. The van der Waals surface area contributed by atoms with E-state index in [4.69, 9.17) is 4.74 Å². The molecule has 0 bridgehead atoms. The van der Waals surface area contributed by atoms with Gasteiger partial charge in [0, 0.05) is 31.6 Å². The van der Waals surface area contributed by atoms with Gasteiger partial charge in [-0.05, 0) is 19.3 Å². The molecule has 0 N–H and O–H groups in total. The lowest BCUT2D eigenvalue weighted by atomic mass is 10.1. The van der Waals surface area contributed by atoms with Crippen LogP contribution in [-0.4, -0.2) is 50.1 Å². The van der Waals surface area contributed by atoms with E-state index in [2.05, 4.69) is 15.9 Å². The van der Waals surface area contributed by atoms with Gasteiger partial charge >= 0.3 is 0 Å². The molecule has 1 aliphatic rings. The predicted molar refractivity (Wildman–Crippen MR) is 68.4 cm³/mol. The Hall–Kier alpha value is 0.350. The summed E-state index contributed by atoms with van der Waals surface area (Å²) in [5, 5.41) is 0.733. The molecule has 1 rings (SSSR count). The number of nitrogens with zero attached hydrogens (tertiary/aromatic N) is 1. The van der Waals surface area contributed by atoms with Gasteiger partial charge in [-0.25, -0.2) is 8.42 Å².